The van der Waals surface area contributed by atoms with Crippen molar-refractivity contribution in [3.8, 4) is 17.2 Å². The van der Waals surface area contributed by atoms with Crippen LogP contribution in [0.1, 0.15) is 26.3 Å². The van der Waals surface area contributed by atoms with E-state index in [9.17, 15) is 5.11 Å². The van der Waals surface area contributed by atoms with E-state index in [0.717, 1.165) is 12.1 Å². The van der Waals surface area contributed by atoms with Crippen molar-refractivity contribution < 1.29 is 14.6 Å². The Bertz CT molecular complexity index is 437. The Morgan fingerprint density at radius 1 is 1.22 bits per heavy atom. The van der Waals surface area contributed by atoms with Gasteiger partial charge in [-0.2, -0.15) is 0 Å². The third-order valence-electron chi connectivity index (χ3n) is 2.76. The molecule has 0 radical (unpaired) electrons. The Morgan fingerprint density at radius 3 is 2.44 bits per heavy atom. The molecule has 100 valence electrons. The number of nitrogens with zero attached hydrogens (tertiary/aromatic N) is 1. The summed E-state index contributed by atoms with van der Waals surface area (Å²) in [5, 5.41) is 9.96. The van der Waals surface area contributed by atoms with Gasteiger partial charge >= 0.3 is 0 Å². The van der Waals surface area contributed by atoms with E-state index in [4.69, 9.17) is 9.47 Å². The van der Waals surface area contributed by atoms with Crippen LogP contribution in [0.2, 0.25) is 0 Å². The molecule has 1 N–H and O–H groups in total. The Balaban J connectivity index is 2.10. The fourth-order valence-corrected chi connectivity index (χ4v) is 2.26. The van der Waals surface area contributed by atoms with Crippen molar-refractivity contribution in [3.63, 3.8) is 0 Å². The number of rotatable bonds is 3. The predicted molar refractivity (Wildman–Crippen MR) is 70.0 cm³/mol. The monoisotopic (exact) mass is 251 g/mol. The zero-order valence-electron chi connectivity index (χ0n) is 11.5. The highest BCUT2D eigenvalue weighted by atomic mass is 16.7. The van der Waals surface area contributed by atoms with Crippen LogP contribution < -0.4 is 9.47 Å². The van der Waals surface area contributed by atoms with Gasteiger partial charge in [-0.05, 0) is 18.5 Å². The molecule has 0 amide bonds. The van der Waals surface area contributed by atoms with Gasteiger partial charge in [-0.15, -0.1) is 0 Å². The number of hydrogen-bond donors (Lipinski definition) is 1. The van der Waals surface area contributed by atoms with Crippen molar-refractivity contribution in [2.75, 3.05) is 20.4 Å². The molecule has 1 heterocycles. The first-order valence-electron chi connectivity index (χ1n) is 6.15. The lowest BCUT2D eigenvalue weighted by atomic mass is 9.96. The molecular weight excluding hydrogens is 230 g/mol. The largest absolute Gasteiger partial charge is 0.507 e. The van der Waals surface area contributed by atoms with E-state index >= 15 is 0 Å². The quantitative estimate of drug-likeness (QED) is 0.896. The van der Waals surface area contributed by atoms with Crippen LogP contribution in [-0.2, 0) is 6.54 Å². The number of ether oxygens (including phenoxy) is 2. The summed E-state index contributed by atoms with van der Waals surface area (Å²) >= 11 is 0. The molecule has 2 rings (SSSR count). The molecule has 0 fully saturated rings. The topological polar surface area (TPSA) is 41.9 Å². The molecule has 0 atom stereocenters. The normalized spacial score (nSPS) is 14.3. The maximum Gasteiger partial charge on any atom is 0.231 e. The summed E-state index contributed by atoms with van der Waals surface area (Å²) in [6.45, 7) is 8.48. The van der Waals surface area contributed by atoms with E-state index in [0.29, 0.717) is 18.0 Å². The van der Waals surface area contributed by atoms with Gasteiger partial charge in [0.25, 0.3) is 0 Å². The molecule has 0 bridgehead atoms. The van der Waals surface area contributed by atoms with Gasteiger partial charge in [0.15, 0.2) is 11.5 Å². The molecule has 0 saturated carbocycles. The number of phenolic OH excluding ortho intramolecular Hbond substituents is 1. The SMILES string of the molecule is CN(Cc1cc2c(cc1O)OCO2)CC(C)(C)C. The summed E-state index contributed by atoms with van der Waals surface area (Å²) in [6.07, 6.45) is 0. The second kappa shape index (κ2) is 4.69. The highest BCUT2D eigenvalue weighted by Crippen LogP contribution is 2.38. The van der Waals surface area contributed by atoms with Gasteiger partial charge in [-0.1, -0.05) is 20.8 Å². The van der Waals surface area contributed by atoms with E-state index < -0.39 is 0 Å². The molecule has 0 saturated heterocycles. The van der Waals surface area contributed by atoms with Crippen molar-refractivity contribution in [1.82, 2.24) is 4.90 Å². The minimum absolute atomic E-state index is 0.232. The fourth-order valence-electron chi connectivity index (χ4n) is 2.26. The Kier molecular flexibility index (Phi) is 3.39. The van der Waals surface area contributed by atoms with Crippen LogP contribution in [0.3, 0.4) is 0 Å². The van der Waals surface area contributed by atoms with Gasteiger partial charge in [-0.25, -0.2) is 0 Å². The summed E-state index contributed by atoms with van der Waals surface area (Å²) in [5.41, 5.74) is 1.10. The number of fused-ring (bicyclic) bond motifs is 1. The molecule has 1 aliphatic rings. The molecule has 0 aromatic heterocycles. The highest BCUT2D eigenvalue weighted by Gasteiger charge is 2.19. The minimum Gasteiger partial charge on any atom is -0.507 e. The summed E-state index contributed by atoms with van der Waals surface area (Å²) in [7, 11) is 2.05. The van der Waals surface area contributed by atoms with Crippen LogP contribution in [0, 0.1) is 5.41 Å². The first kappa shape index (κ1) is 13.0. The molecular formula is C14H21NO3. The van der Waals surface area contributed by atoms with Gasteiger partial charge in [0.1, 0.15) is 5.75 Å². The van der Waals surface area contributed by atoms with E-state index in [1.54, 1.807) is 6.07 Å². The Morgan fingerprint density at radius 2 is 1.83 bits per heavy atom. The standard InChI is InChI=1S/C14H21NO3/c1-14(2,3)8-15(4)7-10-5-12-13(6-11(10)16)18-9-17-12/h5-6,16H,7-9H2,1-4H3. The second-order valence-electron chi connectivity index (χ2n) is 6.07. The lowest BCUT2D eigenvalue weighted by molar-refractivity contribution is 0.173. The van der Waals surface area contributed by atoms with Crippen molar-refractivity contribution in [2.45, 2.75) is 27.3 Å². The van der Waals surface area contributed by atoms with Gasteiger partial charge < -0.3 is 19.5 Å². The van der Waals surface area contributed by atoms with Crippen LogP contribution in [0.15, 0.2) is 12.1 Å². The third kappa shape index (κ3) is 3.07. The van der Waals surface area contributed by atoms with Crippen molar-refractivity contribution in [1.29, 1.82) is 0 Å². The zero-order chi connectivity index (χ0) is 13.3. The second-order valence-corrected chi connectivity index (χ2v) is 6.07. The van der Waals surface area contributed by atoms with Crippen LogP contribution in [0.5, 0.6) is 17.2 Å². The van der Waals surface area contributed by atoms with E-state index in [-0.39, 0.29) is 18.0 Å². The average molecular weight is 251 g/mol. The molecule has 0 unspecified atom stereocenters. The number of hydrogen-bond acceptors (Lipinski definition) is 4. The molecule has 1 aromatic carbocycles. The minimum atomic E-state index is 0.232. The zero-order valence-corrected chi connectivity index (χ0v) is 11.5. The molecule has 4 heteroatoms. The molecule has 0 aliphatic carbocycles. The fraction of sp³-hybridized carbons (Fsp3) is 0.571. The number of aromatic hydroxyl groups is 1. The van der Waals surface area contributed by atoms with Crippen LogP contribution >= 0.6 is 0 Å². The predicted octanol–water partition coefficient (Wildman–Crippen LogP) is 2.60. The van der Waals surface area contributed by atoms with Crippen LogP contribution in [-0.4, -0.2) is 30.4 Å². The first-order chi connectivity index (χ1) is 8.35. The van der Waals surface area contributed by atoms with Crippen molar-refractivity contribution >= 4 is 0 Å². The number of phenols is 1. The molecule has 0 spiro atoms. The smallest absolute Gasteiger partial charge is 0.231 e. The molecule has 18 heavy (non-hydrogen) atoms. The molecule has 1 aliphatic heterocycles. The summed E-state index contributed by atoms with van der Waals surface area (Å²) < 4.78 is 10.5. The lowest BCUT2D eigenvalue weighted by Crippen LogP contribution is -2.28. The summed E-state index contributed by atoms with van der Waals surface area (Å²) in [5.74, 6) is 1.60. The highest BCUT2D eigenvalue weighted by molar-refractivity contribution is 5.51. The van der Waals surface area contributed by atoms with E-state index in [1.807, 2.05) is 6.07 Å². The lowest BCUT2D eigenvalue weighted by Gasteiger charge is -2.26. The van der Waals surface area contributed by atoms with E-state index in [2.05, 4.69) is 32.7 Å². The maximum absolute atomic E-state index is 9.96. The molecule has 4 nitrogen and oxygen atoms in total. The van der Waals surface area contributed by atoms with Crippen LogP contribution in [0.4, 0.5) is 0 Å². The summed E-state index contributed by atoms with van der Waals surface area (Å²) in [6, 6.07) is 3.49. The van der Waals surface area contributed by atoms with E-state index in [1.165, 1.54) is 0 Å². The Hall–Kier alpha value is -1.42. The van der Waals surface area contributed by atoms with Crippen molar-refractivity contribution in [2.24, 2.45) is 5.41 Å². The maximum atomic E-state index is 9.96. The third-order valence-corrected chi connectivity index (χ3v) is 2.76. The molecule has 1 aromatic rings. The number of benzene rings is 1. The summed E-state index contributed by atoms with van der Waals surface area (Å²) in [4.78, 5) is 2.19. The first-order valence-corrected chi connectivity index (χ1v) is 6.15. The van der Waals surface area contributed by atoms with Crippen LogP contribution in [0.25, 0.3) is 0 Å². The van der Waals surface area contributed by atoms with Crippen molar-refractivity contribution in [3.05, 3.63) is 17.7 Å². The average Bonchev–Trinajstić information content (AvgIpc) is 2.62. The van der Waals surface area contributed by atoms with Gasteiger partial charge in [-0.3, -0.25) is 0 Å². The van der Waals surface area contributed by atoms with Gasteiger partial charge in [0, 0.05) is 24.7 Å². The van der Waals surface area contributed by atoms with Gasteiger partial charge in [0.05, 0.1) is 0 Å². The Labute approximate surface area is 108 Å². The van der Waals surface area contributed by atoms with Gasteiger partial charge in [0.2, 0.25) is 6.79 Å².